The number of anilines is 1. The molecule has 4 nitrogen and oxygen atoms in total. The molecule has 0 spiro atoms. The van der Waals surface area contributed by atoms with E-state index in [1.807, 2.05) is 0 Å². The molecular weight excluding hydrogens is 192 g/mol. The highest BCUT2D eigenvalue weighted by Crippen LogP contribution is 2.19. The summed E-state index contributed by atoms with van der Waals surface area (Å²) in [6.07, 6.45) is 1.65. The molecule has 1 aliphatic rings. The fourth-order valence-corrected chi connectivity index (χ4v) is 1.55. The second-order valence-electron chi connectivity index (χ2n) is 3.45. The number of likely N-dealkylation sites (tertiary alicyclic amines) is 1. The van der Waals surface area contributed by atoms with Gasteiger partial charge in [-0.3, -0.25) is 9.59 Å². The molecule has 1 fully saturated rings. The minimum atomic E-state index is -0.00815. The number of nitrogens with one attached hydrogen (secondary N) is 1. The highest BCUT2D eigenvalue weighted by Gasteiger charge is 2.23. The predicted octanol–water partition coefficient (Wildman–Crippen LogP) is 1.10. The maximum absolute atomic E-state index is 11.9. The normalized spacial score (nSPS) is 14.3. The number of hydrogen-bond donors (Lipinski definition) is 1. The monoisotopic (exact) mass is 204 g/mol. The molecule has 1 aliphatic heterocycles. The third-order valence-electron chi connectivity index (χ3n) is 2.52. The first kappa shape index (κ1) is 9.71. The number of para-hydroxylation sites is 1. The molecule has 1 aromatic carbocycles. The number of carbonyl (C=O) groups is 2. The van der Waals surface area contributed by atoms with Crippen LogP contribution in [0.5, 0.6) is 0 Å². The summed E-state index contributed by atoms with van der Waals surface area (Å²) >= 11 is 0. The molecular formula is C11H12N2O2. The Morgan fingerprint density at radius 2 is 2.07 bits per heavy atom. The summed E-state index contributed by atoms with van der Waals surface area (Å²) in [4.78, 5) is 24.0. The Kier molecular flexibility index (Phi) is 2.67. The van der Waals surface area contributed by atoms with E-state index in [0.29, 0.717) is 17.7 Å². The van der Waals surface area contributed by atoms with Crippen LogP contribution in [0.4, 0.5) is 5.69 Å². The lowest BCUT2D eigenvalue weighted by atomic mass is 10.1. The van der Waals surface area contributed by atoms with Crippen molar-refractivity contribution in [1.82, 2.24) is 4.90 Å². The van der Waals surface area contributed by atoms with Crippen molar-refractivity contribution in [2.45, 2.75) is 6.42 Å². The minimum Gasteiger partial charge on any atom is -0.338 e. The minimum absolute atomic E-state index is 0.00815. The van der Waals surface area contributed by atoms with Gasteiger partial charge in [-0.2, -0.15) is 0 Å². The number of benzene rings is 1. The number of nitrogens with zero attached hydrogens (tertiary/aromatic N) is 1. The van der Waals surface area contributed by atoms with E-state index in [-0.39, 0.29) is 5.91 Å². The Balaban J connectivity index is 2.24. The van der Waals surface area contributed by atoms with Gasteiger partial charge in [-0.25, -0.2) is 0 Å². The van der Waals surface area contributed by atoms with E-state index >= 15 is 0 Å². The van der Waals surface area contributed by atoms with E-state index in [1.54, 1.807) is 29.2 Å². The Morgan fingerprint density at radius 3 is 2.67 bits per heavy atom. The van der Waals surface area contributed by atoms with Crippen molar-refractivity contribution in [2.75, 3.05) is 18.4 Å². The van der Waals surface area contributed by atoms with Crippen molar-refractivity contribution in [1.29, 1.82) is 0 Å². The van der Waals surface area contributed by atoms with Crippen LogP contribution < -0.4 is 5.32 Å². The molecule has 0 unspecified atom stereocenters. The van der Waals surface area contributed by atoms with Crippen molar-refractivity contribution in [3.8, 4) is 0 Å². The maximum atomic E-state index is 11.9. The molecule has 0 saturated carbocycles. The first-order valence-electron chi connectivity index (χ1n) is 4.91. The summed E-state index contributed by atoms with van der Waals surface area (Å²) in [7, 11) is 0. The summed E-state index contributed by atoms with van der Waals surface area (Å²) in [5, 5.41) is 2.53. The number of hydrogen-bond acceptors (Lipinski definition) is 2. The fourth-order valence-electron chi connectivity index (χ4n) is 1.55. The molecule has 1 saturated heterocycles. The van der Waals surface area contributed by atoms with Crippen molar-refractivity contribution >= 4 is 18.0 Å². The summed E-state index contributed by atoms with van der Waals surface area (Å²) in [6, 6.07) is 7.04. The van der Waals surface area contributed by atoms with Gasteiger partial charge in [0.15, 0.2) is 0 Å². The SMILES string of the molecule is O=CNc1ccccc1C(=O)N1CCC1. The Bertz CT molecular complexity index is 386. The lowest BCUT2D eigenvalue weighted by Crippen LogP contribution is -2.42. The van der Waals surface area contributed by atoms with Crippen LogP contribution in [0.3, 0.4) is 0 Å². The zero-order valence-corrected chi connectivity index (χ0v) is 8.27. The van der Waals surface area contributed by atoms with Crippen LogP contribution in [-0.2, 0) is 4.79 Å². The first-order chi connectivity index (χ1) is 7.33. The van der Waals surface area contributed by atoms with Crippen molar-refractivity contribution in [3.05, 3.63) is 29.8 Å². The standard InChI is InChI=1S/C11H12N2O2/c14-8-12-10-5-2-1-4-9(10)11(15)13-6-3-7-13/h1-2,4-5,8H,3,6-7H2,(H,12,14). The zero-order valence-electron chi connectivity index (χ0n) is 8.27. The molecule has 1 heterocycles. The number of carbonyl (C=O) groups excluding carboxylic acids is 2. The van der Waals surface area contributed by atoms with Gasteiger partial charge in [-0.1, -0.05) is 12.1 Å². The molecule has 1 aromatic rings. The molecule has 78 valence electrons. The van der Waals surface area contributed by atoms with Crippen molar-refractivity contribution < 1.29 is 9.59 Å². The molecule has 0 radical (unpaired) electrons. The molecule has 0 aliphatic carbocycles. The lowest BCUT2D eigenvalue weighted by Gasteiger charge is -2.31. The smallest absolute Gasteiger partial charge is 0.255 e. The summed E-state index contributed by atoms with van der Waals surface area (Å²) in [5.74, 6) is -0.00815. The predicted molar refractivity (Wildman–Crippen MR) is 56.6 cm³/mol. The largest absolute Gasteiger partial charge is 0.338 e. The lowest BCUT2D eigenvalue weighted by molar-refractivity contribution is -0.105. The molecule has 0 bridgehead atoms. The fraction of sp³-hybridized carbons (Fsp3) is 0.273. The van der Waals surface area contributed by atoms with Crippen LogP contribution in [-0.4, -0.2) is 30.3 Å². The topological polar surface area (TPSA) is 49.4 Å². The molecule has 2 rings (SSSR count). The second-order valence-corrected chi connectivity index (χ2v) is 3.45. The van der Waals surface area contributed by atoms with E-state index in [9.17, 15) is 9.59 Å². The molecule has 2 amide bonds. The van der Waals surface area contributed by atoms with Crippen LogP contribution in [0.1, 0.15) is 16.8 Å². The highest BCUT2D eigenvalue weighted by atomic mass is 16.2. The van der Waals surface area contributed by atoms with Crippen molar-refractivity contribution in [2.24, 2.45) is 0 Å². The van der Waals surface area contributed by atoms with E-state index < -0.39 is 0 Å². The summed E-state index contributed by atoms with van der Waals surface area (Å²) < 4.78 is 0. The van der Waals surface area contributed by atoms with Crippen LogP contribution in [0.25, 0.3) is 0 Å². The van der Waals surface area contributed by atoms with E-state index in [0.717, 1.165) is 19.5 Å². The third kappa shape index (κ3) is 1.83. The van der Waals surface area contributed by atoms with Crippen LogP contribution in [0.2, 0.25) is 0 Å². The first-order valence-corrected chi connectivity index (χ1v) is 4.91. The molecule has 4 heteroatoms. The average Bonchev–Trinajstić information content (AvgIpc) is 2.16. The van der Waals surface area contributed by atoms with E-state index in [4.69, 9.17) is 0 Å². The zero-order chi connectivity index (χ0) is 10.7. The van der Waals surface area contributed by atoms with Crippen LogP contribution >= 0.6 is 0 Å². The average molecular weight is 204 g/mol. The van der Waals surface area contributed by atoms with Gasteiger partial charge in [0.2, 0.25) is 6.41 Å². The van der Waals surface area contributed by atoms with Gasteiger partial charge in [0.05, 0.1) is 11.3 Å². The summed E-state index contributed by atoms with van der Waals surface area (Å²) in [6.45, 7) is 1.63. The van der Waals surface area contributed by atoms with Gasteiger partial charge in [0.1, 0.15) is 0 Å². The van der Waals surface area contributed by atoms with E-state index in [2.05, 4.69) is 5.32 Å². The second kappa shape index (κ2) is 4.13. The van der Waals surface area contributed by atoms with Gasteiger partial charge >= 0.3 is 0 Å². The molecule has 15 heavy (non-hydrogen) atoms. The van der Waals surface area contributed by atoms with Gasteiger partial charge < -0.3 is 10.2 Å². The Morgan fingerprint density at radius 1 is 1.33 bits per heavy atom. The van der Waals surface area contributed by atoms with Crippen molar-refractivity contribution in [3.63, 3.8) is 0 Å². The van der Waals surface area contributed by atoms with Gasteiger partial charge in [0, 0.05) is 13.1 Å². The number of rotatable bonds is 3. The Hall–Kier alpha value is -1.84. The molecule has 0 atom stereocenters. The summed E-state index contributed by atoms with van der Waals surface area (Å²) in [5.41, 5.74) is 1.13. The quantitative estimate of drug-likeness (QED) is 0.749. The number of amides is 2. The van der Waals surface area contributed by atoms with E-state index in [1.165, 1.54) is 0 Å². The van der Waals surface area contributed by atoms with Crippen LogP contribution in [0, 0.1) is 0 Å². The van der Waals surface area contributed by atoms with Gasteiger partial charge in [-0.15, -0.1) is 0 Å². The third-order valence-corrected chi connectivity index (χ3v) is 2.52. The molecule has 1 N–H and O–H groups in total. The van der Waals surface area contributed by atoms with Crippen LogP contribution in [0.15, 0.2) is 24.3 Å². The van der Waals surface area contributed by atoms with Gasteiger partial charge in [0.25, 0.3) is 5.91 Å². The maximum Gasteiger partial charge on any atom is 0.255 e. The van der Waals surface area contributed by atoms with Gasteiger partial charge in [-0.05, 0) is 18.6 Å². The Labute approximate surface area is 87.9 Å². The highest BCUT2D eigenvalue weighted by molar-refractivity contribution is 6.01. The molecule has 0 aromatic heterocycles.